The molecule has 2 aliphatic rings. The van der Waals surface area contributed by atoms with E-state index in [1.807, 2.05) is 11.3 Å². The third-order valence-corrected chi connectivity index (χ3v) is 15.7. The number of aryl methyl sites for hydroxylation is 2. The topological polar surface area (TPSA) is 6.48 Å². The van der Waals surface area contributed by atoms with Gasteiger partial charge in [-0.1, -0.05) is 159 Å². The standard InChI is InChI=1S/C60H41BN2S/c1-3-36-28-32-56-50(33-36)58-60(64-56)63(53-24-13-23-48-44-19-9-7-18-42(44)43-20-11-12-22-47(43)57(48)53)55-26-14-25-54-59(55)61(58)51-34-37(4-2)27-31-52(51)62(54)38-29-30-46-41-17-6-5-15-39(41)40-16-8-10-21-45(40)49(46)35-38/h5-35H,3-4H2,1-2H3. The lowest BCUT2D eigenvalue weighted by Gasteiger charge is -2.43. The summed E-state index contributed by atoms with van der Waals surface area (Å²) in [6.45, 7) is 4.62. The second kappa shape index (κ2) is 13.6. The van der Waals surface area contributed by atoms with Crippen molar-refractivity contribution in [2.45, 2.75) is 26.7 Å². The molecule has 0 N–H and O–H groups in total. The van der Waals surface area contributed by atoms with Crippen molar-refractivity contribution < 1.29 is 0 Å². The summed E-state index contributed by atoms with van der Waals surface area (Å²) in [7, 11) is 0. The van der Waals surface area contributed by atoms with Gasteiger partial charge in [-0.15, -0.1) is 11.3 Å². The molecule has 0 bridgehead atoms. The van der Waals surface area contributed by atoms with Crippen LogP contribution in [0.25, 0.3) is 74.7 Å². The molecule has 3 heterocycles. The lowest BCUT2D eigenvalue weighted by Crippen LogP contribution is -2.61. The van der Waals surface area contributed by atoms with Gasteiger partial charge >= 0.3 is 0 Å². The van der Waals surface area contributed by atoms with Crippen molar-refractivity contribution in [1.29, 1.82) is 0 Å². The first-order valence-corrected chi connectivity index (χ1v) is 23.6. The van der Waals surface area contributed by atoms with Gasteiger partial charge in [0.25, 0.3) is 6.71 Å². The Bertz CT molecular complexity index is 3900. The van der Waals surface area contributed by atoms with Crippen LogP contribution in [0.4, 0.5) is 33.4 Å². The number of fused-ring (bicyclic) bond motifs is 18. The van der Waals surface area contributed by atoms with Crippen LogP contribution in [-0.4, -0.2) is 6.71 Å². The first kappa shape index (κ1) is 36.1. The minimum absolute atomic E-state index is 0.0498. The quantitative estimate of drug-likeness (QED) is 0.129. The summed E-state index contributed by atoms with van der Waals surface area (Å²) in [5.74, 6) is 0. The Balaban J connectivity index is 1.11. The summed E-state index contributed by atoms with van der Waals surface area (Å²) < 4.78 is 1.33. The molecule has 64 heavy (non-hydrogen) atoms. The molecule has 1 aromatic heterocycles. The Morgan fingerprint density at radius 3 is 1.52 bits per heavy atom. The van der Waals surface area contributed by atoms with E-state index in [4.69, 9.17) is 0 Å². The fraction of sp³-hybridized carbons (Fsp3) is 0.0667. The number of hydrogen-bond donors (Lipinski definition) is 0. The number of nitrogens with zero attached hydrogens (tertiary/aromatic N) is 2. The Morgan fingerprint density at radius 1 is 0.375 bits per heavy atom. The normalized spacial score (nSPS) is 13.2. The average Bonchev–Trinajstić information content (AvgIpc) is 3.74. The van der Waals surface area contributed by atoms with Crippen molar-refractivity contribution in [3.63, 3.8) is 0 Å². The van der Waals surface area contributed by atoms with E-state index >= 15 is 0 Å². The molecule has 0 amide bonds. The van der Waals surface area contributed by atoms with Crippen LogP contribution in [0.5, 0.6) is 0 Å². The summed E-state index contributed by atoms with van der Waals surface area (Å²) in [4.78, 5) is 5.23. The third-order valence-electron chi connectivity index (χ3n) is 14.5. The van der Waals surface area contributed by atoms with E-state index in [0.717, 1.165) is 12.8 Å². The van der Waals surface area contributed by atoms with Gasteiger partial charge in [0.1, 0.15) is 0 Å². The van der Waals surface area contributed by atoms with E-state index in [-0.39, 0.29) is 6.71 Å². The first-order chi connectivity index (χ1) is 31.7. The van der Waals surface area contributed by atoms with Crippen molar-refractivity contribution in [1.82, 2.24) is 0 Å². The van der Waals surface area contributed by atoms with Crippen LogP contribution >= 0.6 is 11.3 Å². The van der Waals surface area contributed by atoms with Crippen LogP contribution in [0.2, 0.25) is 0 Å². The molecule has 14 rings (SSSR count). The zero-order valence-corrected chi connectivity index (χ0v) is 36.5. The fourth-order valence-corrected chi connectivity index (χ4v) is 12.9. The molecule has 0 fully saturated rings. The molecule has 0 unspecified atom stereocenters. The molecule has 11 aromatic carbocycles. The van der Waals surface area contributed by atoms with E-state index in [1.165, 1.54) is 136 Å². The maximum Gasteiger partial charge on any atom is 0.254 e. The van der Waals surface area contributed by atoms with Gasteiger partial charge in [0, 0.05) is 32.8 Å². The second-order valence-electron chi connectivity index (χ2n) is 17.7. The number of anilines is 6. The molecular weight excluding hydrogens is 792 g/mol. The Hall–Kier alpha value is -7.40. The van der Waals surface area contributed by atoms with Gasteiger partial charge in [-0.3, -0.25) is 0 Å². The summed E-state index contributed by atoms with van der Waals surface area (Å²) in [5, 5.41) is 18.1. The lowest BCUT2D eigenvalue weighted by atomic mass is 9.33. The largest absolute Gasteiger partial charge is 0.311 e. The average molecular weight is 833 g/mol. The maximum absolute atomic E-state index is 2.65. The predicted molar refractivity (Wildman–Crippen MR) is 280 cm³/mol. The zero-order chi connectivity index (χ0) is 42.2. The SMILES string of the molecule is CCc1ccc2c(c1)B1c3c(cccc3N(c3cccc4c5ccccc5c5ccccc5c34)c3sc4ccc(CC)cc4c31)N2c1ccc2c3ccccc3c3ccccc3c2c1. The van der Waals surface area contributed by atoms with Gasteiger partial charge in [-0.25, -0.2) is 0 Å². The van der Waals surface area contributed by atoms with Crippen LogP contribution in [0.15, 0.2) is 188 Å². The number of thiophene rings is 1. The van der Waals surface area contributed by atoms with Crippen LogP contribution in [-0.2, 0) is 12.8 Å². The Morgan fingerprint density at radius 2 is 0.875 bits per heavy atom. The van der Waals surface area contributed by atoms with Gasteiger partial charge in [0.15, 0.2) is 0 Å². The molecule has 300 valence electrons. The molecule has 0 atom stereocenters. The monoisotopic (exact) mass is 832 g/mol. The van der Waals surface area contributed by atoms with E-state index in [1.54, 1.807) is 0 Å². The van der Waals surface area contributed by atoms with Crippen molar-refractivity contribution in [3.05, 3.63) is 199 Å². The van der Waals surface area contributed by atoms with E-state index in [2.05, 4.69) is 212 Å². The Labute approximate surface area is 376 Å². The van der Waals surface area contributed by atoms with Gasteiger partial charge in [0.05, 0.1) is 10.7 Å². The summed E-state index contributed by atoms with van der Waals surface area (Å²) >= 11 is 1.95. The Kier molecular flexibility index (Phi) is 7.65. The third kappa shape index (κ3) is 4.86. The predicted octanol–water partition coefficient (Wildman–Crippen LogP) is 15.0. The molecular formula is C60H41BN2S. The van der Waals surface area contributed by atoms with Crippen LogP contribution < -0.4 is 26.2 Å². The maximum atomic E-state index is 2.65. The molecule has 2 aliphatic heterocycles. The molecule has 0 saturated heterocycles. The minimum atomic E-state index is 0.0498. The highest BCUT2D eigenvalue weighted by molar-refractivity contribution is 7.26. The fourth-order valence-electron chi connectivity index (χ4n) is 11.7. The number of rotatable bonds is 4. The number of benzene rings is 11. The van der Waals surface area contributed by atoms with Gasteiger partial charge in [-0.2, -0.15) is 0 Å². The highest BCUT2D eigenvalue weighted by Gasteiger charge is 2.45. The molecule has 0 saturated carbocycles. The van der Waals surface area contributed by atoms with Crippen LogP contribution in [0.3, 0.4) is 0 Å². The van der Waals surface area contributed by atoms with Gasteiger partial charge in [0.2, 0.25) is 0 Å². The van der Waals surface area contributed by atoms with E-state index < -0.39 is 0 Å². The summed E-state index contributed by atoms with van der Waals surface area (Å²) in [6.07, 6.45) is 1.97. The van der Waals surface area contributed by atoms with E-state index in [9.17, 15) is 0 Å². The minimum Gasteiger partial charge on any atom is -0.311 e. The molecule has 2 nitrogen and oxygen atoms in total. The number of hydrogen-bond acceptors (Lipinski definition) is 3. The molecule has 4 heteroatoms. The van der Waals surface area contributed by atoms with Crippen LogP contribution in [0.1, 0.15) is 25.0 Å². The van der Waals surface area contributed by atoms with E-state index in [0.29, 0.717) is 0 Å². The van der Waals surface area contributed by atoms with Crippen molar-refractivity contribution in [2.75, 3.05) is 9.80 Å². The molecule has 0 radical (unpaired) electrons. The molecule has 0 spiro atoms. The van der Waals surface area contributed by atoms with Crippen molar-refractivity contribution in [3.8, 4) is 0 Å². The van der Waals surface area contributed by atoms with Crippen molar-refractivity contribution in [2.24, 2.45) is 0 Å². The second-order valence-corrected chi connectivity index (χ2v) is 18.7. The highest BCUT2D eigenvalue weighted by Crippen LogP contribution is 2.51. The summed E-state index contributed by atoms with van der Waals surface area (Å²) in [6, 6.07) is 71.6. The van der Waals surface area contributed by atoms with Gasteiger partial charge < -0.3 is 9.80 Å². The molecule has 0 aliphatic carbocycles. The lowest BCUT2D eigenvalue weighted by molar-refractivity contribution is 1.14. The molecule has 12 aromatic rings. The smallest absolute Gasteiger partial charge is 0.254 e. The van der Waals surface area contributed by atoms with Crippen molar-refractivity contribution >= 4 is 143 Å². The highest BCUT2D eigenvalue weighted by atomic mass is 32.1. The first-order valence-electron chi connectivity index (χ1n) is 22.7. The van der Waals surface area contributed by atoms with Gasteiger partial charge in [-0.05, 0) is 147 Å². The zero-order valence-electron chi connectivity index (χ0n) is 35.7. The van der Waals surface area contributed by atoms with Crippen LogP contribution in [0, 0.1) is 0 Å². The summed E-state index contributed by atoms with van der Waals surface area (Å²) in [5.41, 5.74) is 13.0.